The number of hydrogen-bond donors (Lipinski definition) is 2. The van der Waals surface area contributed by atoms with Gasteiger partial charge in [-0.1, -0.05) is 123 Å². The highest BCUT2D eigenvalue weighted by molar-refractivity contribution is 7.47. The summed E-state index contributed by atoms with van der Waals surface area (Å²) in [6.45, 7) is 3.34. The Kier molecular flexibility index (Phi) is 36.0. The third kappa shape index (κ3) is 38.2. The Balaban J connectivity index is 4.42. The molecule has 0 aliphatic heterocycles. The Bertz CT molecular complexity index is 1230. The van der Waals surface area contributed by atoms with E-state index in [1.165, 1.54) is 0 Å². The topological polar surface area (TPSA) is 134 Å². The molecular formula is C43H68NO8P. The van der Waals surface area contributed by atoms with Crippen LogP contribution in [0.25, 0.3) is 0 Å². The number of carbonyl (C=O) groups is 2. The van der Waals surface area contributed by atoms with Crippen LogP contribution in [0.5, 0.6) is 0 Å². The molecule has 3 N–H and O–H groups in total. The molecule has 0 aliphatic carbocycles. The minimum Gasteiger partial charge on any atom is -0.462 e. The molecule has 0 radical (unpaired) electrons. The second-order valence-electron chi connectivity index (χ2n) is 12.0. The zero-order valence-corrected chi connectivity index (χ0v) is 33.3. The van der Waals surface area contributed by atoms with Gasteiger partial charge in [0.2, 0.25) is 0 Å². The molecule has 0 aromatic rings. The third-order valence-corrected chi connectivity index (χ3v) is 8.14. The number of phosphoric ester groups is 1. The molecule has 0 bridgehead atoms. The molecule has 0 aromatic heterocycles. The molecule has 0 rings (SSSR count). The summed E-state index contributed by atoms with van der Waals surface area (Å²) in [5.41, 5.74) is 5.33. The summed E-state index contributed by atoms with van der Waals surface area (Å²) < 4.78 is 32.6. The lowest BCUT2D eigenvalue weighted by Crippen LogP contribution is -2.29. The van der Waals surface area contributed by atoms with Crippen LogP contribution in [0.3, 0.4) is 0 Å². The molecule has 0 aliphatic rings. The monoisotopic (exact) mass is 757 g/mol. The van der Waals surface area contributed by atoms with E-state index in [0.717, 1.165) is 77.0 Å². The second kappa shape index (κ2) is 38.4. The van der Waals surface area contributed by atoms with E-state index in [0.29, 0.717) is 12.8 Å². The third-order valence-electron chi connectivity index (χ3n) is 7.15. The number of esters is 2. The van der Waals surface area contributed by atoms with E-state index in [2.05, 4.69) is 117 Å². The molecule has 0 saturated carbocycles. The van der Waals surface area contributed by atoms with Gasteiger partial charge in [0.25, 0.3) is 0 Å². The van der Waals surface area contributed by atoms with Gasteiger partial charge in [-0.15, -0.1) is 0 Å². The van der Waals surface area contributed by atoms with E-state index in [1.54, 1.807) is 0 Å². The van der Waals surface area contributed by atoms with Crippen molar-refractivity contribution in [2.75, 3.05) is 26.4 Å². The molecule has 0 fully saturated rings. The van der Waals surface area contributed by atoms with Crippen molar-refractivity contribution in [3.63, 3.8) is 0 Å². The summed E-state index contributed by atoms with van der Waals surface area (Å²) in [5.74, 6) is -0.961. The van der Waals surface area contributed by atoms with Gasteiger partial charge in [-0.2, -0.15) is 0 Å². The minimum absolute atomic E-state index is 0.0322. The average molecular weight is 758 g/mol. The Morgan fingerprint density at radius 1 is 0.566 bits per heavy atom. The predicted molar refractivity (Wildman–Crippen MR) is 219 cm³/mol. The maximum Gasteiger partial charge on any atom is 0.472 e. The highest BCUT2D eigenvalue weighted by Crippen LogP contribution is 2.43. The highest BCUT2D eigenvalue weighted by Gasteiger charge is 2.25. The summed E-state index contributed by atoms with van der Waals surface area (Å²) in [5, 5.41) is 0. The van der Waals surface area contributed by atoms with E-state index >= 15 is 0 Å². The van der Waals surface area contributed by atoms with E-state index in [1.807, 2.05) is 6.08 Å². The maximum atomic E-state index is 12.5. The lowest BCUT2D eigenvalue weighted by molar-refractivity contribution is -0.161. The number of hydrogen-bond acceptors (Lipinski definition) is 8. The molecule has 9 nitrogen and oxygen atoms in total. The molecule has 0 heterocycles. The fraction of sp³-hybridized carbons (Fsp3) is 0.535. The van der Waals surface area contributed by atoms with E-state index in [-0.39, 0.29) is 32.6 Å². The number of carbonyl (C=O) groups excluding carboxylic acids is 2. The SMILES string of the molecule is CCC=CCC=CCC=CCC=CCC=CCCCC(=O)OC[C@H](COP(=O)(O)OCCN)OC(=O)CCCCC=CCC=CCC=CCC=CCC. The first kappa shape index (κ1) is 49.7. The molecule has 298 valence electrons. The van der Waals surface area contributed by atoms with Crippen molar-refractivity contribution in [3.05, 3.63) is 109 Å². The molecule has 10 heteroatoms. The Morgan fingerprint density at radius 2 is 0.981 bits per heavy atom. The lowest BCUT2D eigenvalue weighted by atomic mass is 10.2. The summed E-state index contributed by atoms with van der Waals surface area (Å²) in [4.78, 5) is 34.7. The molecule has 53 heavy (non-hydrogen) atoms. The standard InChI is InChI=1S/C43H68NO8P/c1-3-5-7-9-11-13-15-17-19-20-22-23-25-27-29-31-33-35-42(45)49-39-41(40-51-53(47,48)50-38-37-44)52-43(46)36-34-32-30-28-26-24-21-18-16-14-12-10-8-6-4-2/h5-8,11-14,17-19,21-23,26-29,41H,3-4,9-10,15-16,20,24-25,30-40,44H2,1-2H3,(H,47,48)/t41-/m1/s1. The first-order valence-electron chi connectivity index (χ1n) is 19.4. The van der Waals surface area contributed by atoms with Gasteiger partial charge in [0, 0.05) is 19.4 Å². The van der Waals surface area contributed by atoms with Gasteiger partial charge in [-0.05, 0) is 89.9 Å². The Hall–Kier alpha value is -3.33. The van der Waals surface area contributed by atoms with Crippen LogP contribution in [0.2, 0.25) is 0 Å². The quantitative estimate of drug-likeness (QED) is 0.0285. The van der Waals surface area contributed by atoms with Crippen molar-refractivity contribution >= 4 is 19.8 Å². The number of ether oxygens (including phenoxy) is 2. The number of rotatable bonds is 34. The summed E-state index contributed by atoms with van der Waals surface area (Å²) >= 11 is 0. The zero-order valence-electron chi connectivity index (χ0n) is 32.4. The lowest BCUT2D eigenvalue weighted by Gasteiger charge is -2.19. The molecule has 0 saturated heterocycles. The number of unbranched alkanes of at least 4 members (excludes halogenated alkanes) is 3. The maximum absolute atomic E-state index is 12.5. The van der Waals surface area contributed by atoms with Crippen LogP contribution in [0.15, 0.2) is 109 Å². The first-order chi connectivity index (χ1) is 25.8. The van der Waals surface area contributed by atoms with Crippen LogP contribution in [0, 0.1) is 0 Å². The number of allylic oxidation sites excluding steroid dienone is 18. The van der Waals surface area contributed by atoms with Gasteiger partial charge in [-0.3, -0.25) is 18.6 Å². The molecule has 1 unspecified atom stereocenters. The van der Waals surface area contributed by atoms with Crippen molar-refractivity contribution < 1.29 is 37.6 Å². The Labute approximate surface area is 320 Å². The largest absolute Gasteiger partial charge is 0.472 e. The van der Waals surface area contributed by atoms with Crippen LogP contribution in [0.1, 0.15) is 117 Å². The van der Waals surface area contributed by atoms with E-state index in [9.17, 15) is 19.0 Å². The van der Waals surface area contributed by atoms with Gasteiger partial charge < -0.3 is 20.1 Å². The fourth-order valence-electron chi connectivity index (χ4n) is 4.36. The van der Waals surface area contributed by atoms with Crippen LogP contribution in [-0.4, -0.2) is 49.3 Å². The van der Waals surface area contributed by atoms with E-state index in [4.69, 9.17) is 24.3 Å². The highest BCUT2D eigenvalue weighted by atomic mass is 31.2. The smallest absolute Gasteiger partial charge is 0.462 e. The summed E-state index contributed by atoms with van der Waals surface area (Å²) in [6, 6.07) is 0. The summed E-state index contributed by atoms with van der Waals surface area (Å²) in [7, 11) is -4.41. The van der Waals surface area contributed by atoms with Gasteiger partial charge in [-0.25, -0.2) is 4.57 Å². The molecule has 0 aromatic carbocycles. The van der Waals surface area contributed by atoms with Crippen LogP contribution >= 0.6 is 7.82 Å². The molecule has 0 amide bonds. The van der Waals surface area contributed by atoms with Crippen molar-refractivity contribution in [1.82, 2.24) is 0 Å². The number of nitrogens with two attached hydrogens (primary N) is 1. The second-order valence-corrected chi connectivity index (χ2v) is 13.5. The van der Waals surface area contributed by atoms with Crippen molar-refractivity contribution in [3.8, 4) is 0 Å². The van der Waals surface area contributed by atoms with Gasteiger partial charge in [0.1, 0.15) is 6.61 Å². The predicted octanol–water partition coefficient (Wildman–Crippen LogP) is 10.8. The number of phosphoric acid groups is 1. The summed E-state index contributed by atoms with van der Waals surface area (Å²) in [6.07, 6.45) is 49.9. The first-order valence-corrected chi connectivity index (χ1v) is 20.9. The van der Waals surface area contributed by atoms with Crippen LogP contribution in [-0.2, 0) is 32.7 Å². The van der Waals surface area contributed by atoms with E-state index < -0.39 is 32.5 Å². The van der Waals surface area contributed by atoms with Crippen LogP contribution in [0.4, 0.5) is 0 Å². The molecule has 0 spiro atoms. The van der Waals surface area contributed by atoms with Crippen molar-refractivity contribution in [2.45, 2.75) is 123 Å². The van der Waals surface area contributed by atoms with Crippen molar-refractivity contribution in [1.29, 1.82) is 0 Å². The zero-order chi connectivity index (χ0) is 38.9. The average Bonchev–Trinajstić information content (AvgIpc) is 3.14. The Morgan fingerprint density at radius 3 is 1.43 bits per heavy atom. The fourth-order valence-corrected chi connectivity index (χ4v) is 5.13. The van der Waals surface area contributed by atoms with Gasteiger partial charge in [0.05, 0.1) is 13.2 Å². The van der Waals surface area contributed by atoms with Crippen LogP contribution < -0.4 is 5.73 Å². The molecule has 2 atom stereocenters. The molecular weight excluding hydrogens is 689 g/mol. The normalized spacial score (nSPS) is 14.6. The van der Waals surface area contributed by atoms with Crippen molar-refractivity contribution in [2.24, 2.45) is 5.73 Å². The van der Waals surface area contributed by atoms with Gasteiger partial charge in [0.15, 0.2) is 6.10 Å². The van der Waals surface area contributed by atoms with Gasteiger partial charge >= 0.3 is 19.8 Å². The minimum atomic E-state index is -4.41.